The van der Waals surface area contributed by atoms with Gasteiger partial charge in [0, 0.05) is 33.7 Å². The Bertz CT molecular complexity index is 236. The van der Waals surface area contributed by atoms with Crippen LogP contribution < -0.4 is 5.73 Å². The first-order chi connectivity index (χ1) is 8.21. The van der Waals surface area contributed by atoms with Gasteiger partial charge in [-0.3, -0.25) is 4.90 Å². The summed E-state index contributed by atoms with van der Waals surface area (Å²) in [6, 6.07) is 0. The lowest BCUT2D eigenvalue weighted by atomic mass is 10.2. The van der Waals surface area contributed by atoms with E-state index < -0.39 is 0 Å². The predicted octanol–water partition coefficient (Wildman–Crippen LogP) is 0.249. The third-order valence-corrected chi connectivity index (χ3v) is 3.18. The van der Waals surface area contributed by atoms with Crippen molar-refractivity contribution < 1.29 is 14.7 Å². The van der Waals surface area contributed by atoms with Crippen molar-refractivity contribution in [3.05, 3.63) is 0 Å². The van der Waals surface area contributed by atoms with Crippen LogP contribution in [0.1, 0.15) is 19.3 Å². The van der Waals surface area contributed by atoms with Crippen molar-refractivity contribution in [2.75, 3.05) is 33.9 Å². The van der Waals surface area contributed by atoms with Gasteiger partial charge >= 0.3 is 0 Å². The third kappa shape index (κ3) is 4.49. The zero-order valence-corrected chi connectivity index (χ0v) is 10.6. The number of ether oxygens (including phenoxy) is 2. The largest absolute Gasteiger partial charge is 0.409 e. The molecule has 0 aliphatic carbocycles. The van der Waals surface area contributed by atoms with Crippen LogP contribution in [0.4, 0.5) is 0 Å². The normalized spacial score (nSPS) is 26.6. The molecule has 3 N–H and O–H groups in total. The summed E-state index contributed by atoms with van der Waals surface area (Å²) >= 11 is 0. The molecule has 0 spiro atoms. The molecule has 2 unspecified atom stereocenters. The summed E-state index contributed by atoms with van der Waals surface area (Å²) in [4.78, 5) is 2.33. The Labute approximate surface area is 102 Å². The molecule has 1 saturated heterocycles. The number of unbranched alkanes of at least 4 members (excludes halogenated alkanes) is 1. The minimum Gasteiger partial charge on any atom is -0.409 e. The SMILES string of the molecule is COC1CN(CCCCC(N)=NO)CC1OC. The van der Waals surface area contributed by atoms with Crippen molar-refractivity contribution in [3.8, 4) is 0 Å². The summed E-state index contributed by atoms with van der Waals surface area (Å²) < 4.78 is 10.7. The molecule has 17 heavy (non-hydrogen) atoms. The molecule has 0 aromatic carbocycles. The highest BCUT2D eigenvalue weighted by Crippen LogP contribution is 2.16. The maximum atomic E-state index is 8.40. The molecule has 0 radical (unpaired) electrons. The first-order valence-corrected chi connectivity index (χ1v) is 5.95. The molecule has 1 aliphatic heterocycles. The highest BCUT2D eigenvalue weighted by molar-refractivity contribution is 5.79. The Hall–Kier alpha value is -0.850. The van der Waals surface area contributed by atoms with Crippen LogP contribution in [0.25, 0.3) is 0 Å². The predicted molar refractivity (Wildman–Crippen MR) is 65.3 cm³/mol. The molecule has 0 amide bonds. The monoisotopic (exact) mass is 245 g/mol. The van der Waals surface area contributed by atoms with E-state index in [4.69, 9.17) is 20.4 Å². The number of nitrogens with two attached hydrogens (primary N) is 1. The highest BCUT2D eigenvalue weighted by atomic mass is 16.5. The average Bonchev–Trinajstić information content (AvgIpc) is 2.76. The number of rotatable bonds is 7. The summed E-state index contributed by atoms with van der Waals surface area (Å²) in [5, 5.41) is 11.3. The van der Waals surface area contributed by atoms with Crippen LogP contribution in [-0.2, 0) is 9.47 Å². The number of hydrogen-bond donors (Lipinski definition) is 2. The van der Waals surface area contributed by atoms with Gasteiger partial charge in [-0.05, 0) is 19.4 Å². The molecular formula is C11H23N3O3. The molecule has 100 valence electrons. The minimum absolute atomic E-state index is 0.170. The van der Waals surface area contributed by atoms with Crippen LogP contribution in [0.3, 0.4) is 0 Å². The van der Waals surface area contributed by atoms with Crippen LogP contribution in [0.5, 0.6) is 0 Å². The lowest BCUT2D eigenvalue weighted by Crippen LogP contribution is -2.27. The van der Waals surface area contributed by atoms with Crippen molar-refractivity contribution in [1.29, 1.82) is 0 Å². The fourth-order valence-electron chi connectivity index (χ4n) is 2.15. The van der Waals surface area contributed by atoms with Crippen LogP contribution in [0.2, 0.25) is 0 Å². The summed E-state index contributed by atoms with van der Waals surface area (Å²) in [6.07, 6.45) is 2.95. The van der Waals surface area contributed by atoms with E-state index in [0.717, 1.165) is 32.5 Å². The second-order valence-electron chi connectivity index (χ2n) is 4.36. The number of methoxy groups -OCH3 is 2. The van der Waals surface area contributed by atoms with E-state index in [9.17, 15) is 0 Å². The third-order valence-electron chi connectivity index (χ3n) is 3.18. The van der Waals surface area contributed by atoms with Gasteiger partial charge in [0.2, 0.25) is 0 Å². The summed E-state index contributed by atoms with van der Waals surface area (Å²) in [5.74, 6) is 0.302. The average molecular weight is 245 g/mol. The van der Waals surface area contributed by atoms with Crippen molar-refractivity contribution in [3.63, 3.8) is 0 Å². The number of oxime groups is 1. The fourth-order valence-corrected chi connectivity index (χ4v) is 2.15. The molecule has 0 aromatic rings. The Morgan fingerprint density at radius 1 is 1.29 bits per heavy atom. The quantitative estimate of drug-likeness (QED) is 0.221. The summed E-state index contributed by atoms with van der Waals surface area (Å²) in [6.45, 7) is 2.83. The molecule has 1 aliphatic rings. The molecule has 0 saturated carbocycles. The fraction of sp³-hybridized carbons (Fsp3) is 0.909. The van der Waals surface area contributed by atoms with Gasteiger partial charge in [0.25, 0.3) is 0 Å². The van der Waals surface area contributed by atoms with Gasteiger partial charge in [-0.15, -0.1) is 0 Å². The molecule has 0 bridgehead atoms. The molecule has 2 atom stereocenters. The zero-order valence-electron chi connectivity index (χ0n) is 10.6. The van der Waals surface area contributed by atoms with E-state index in [1.54, 1.807) is 14.2 Å². The molecule has 6 nitrogen and oxygen atoms in total. The van der Waals surface area contributed by atoms with Gasteiger partial charge < -0.3 is 20.4 Å². The molecule has 1 rings (SSSR count). The molecule has 1 heterocycles. The smallest absolute Gasteiger partial charge is 0.139 e. The Kier molecular flexibility index (Phi) is 6.25. The summed E-state index contributed by atoms with van der Waals surface area (Å²) in [5.41, 5.74) is 5.40. The van der Waals surface area contributed by atoms with Crippen LogP contribution in [0.15, 0.2) is 5.16 Å². The highest BCUT2D eigenvalue weighted by Gasteiger charge is 2.32. The lowest BCUT2D eigenvalue weighted by molar-refractivity contribution is -0.00461. The molecule has 0 aromatic heterocycles. The number of hydrogen-bond acceptors (Lipinski definition) is 5. The zero-order chi connectivity index (χ0) is 12.7. The second-order valence-corrected chi connectivity index (χ2v) is 4.36. The number of amidine groups is 1. The topological polar surface area (TPSA) is 80.3 Å². The van der Waals surface area contributed by atoms with Crippen LogP contribution >= 0.6 is 0 Å². The van der Waals surface area contributed by atoms with Crippen molar-refractivity contribution in [1.82, 2.24) is 4.90 Å². The first-order valence-electron chi connectivity index (χ1n) is 5.95. The number of nitrogens with zero attached hydrogens (tertiary/aromatic N) is 2. The maximum absolute atomic E-state index is 8.40. The van der Waals surface area contributed by atoms with E-state index in [1.807, 2.05) is 0 Å². The molecule has 1 fully saturated rings. The van der Waals surface area contributed by atoms with Crippen LogP contribution in [0, 0.1) is 0 Å². The van der Waals surface area contributed by atoms with Gasteiger partial charge in [0.1, 0.15) is 5.84 Å². The van der Waals surface area contributed by atoms with Gasteiger partial charge in [-0.25, -0.2) is 0 Å². The standard InChI is InChI=1S/C11H23N3O3/c1-16-9-7-14(8-10(9)17-2)6-4-3-5-11(12)13-15/h9-10,15H,3-8H2,1-2H3,(H2,12,13). The molecular weight excluding hydrogens is 222 g/mol. The second kappa shape index (κ2) is 7.47. The minimum atomic E-state index is 0.170. The number of likely N-dealkylation sites (tertiary alicyclic amines) is 1. The Morgan fingerprint density at radius 3 is 2.35 bits per heavy atom. The van der Waals surface area contributed by atoms with E-state index in [-0.39, 0.29) is 12.2 Å². The lowest BCUT2D eigenvalue weighted by Gasteiger charge is -2.14. The van der Waals surface area contributed by atoms with E-state index >= 15 is 0 Å². The van der Waals surface area contributed by atoms with Crippen molar-refractivity contribution in [2.24, 2.45) is 10.9 Å². The van der Waals surface area contributed by atoms with Gasteiger partial charge in [-0.1, -0.05) is 5.16 Å². The van der Waals surface area contributed by atoms with Crippen LogP contribution in [-0.4, -0.2) is 62.0 Å². The van der Waals surface area contributed by atoms with Crippen molar-refractivity contribution in [2.45, 2.75) is 31.5 Å². The summed E-state index contributed by atoms with van der Waals surface area (Å²) in [7, 11) is 3.44. The van der Waals surface area contributed by atoms with Gasteiger partial charge in [0.05, 0.1) is 12.2 Å². The Morgan fingerprint density at radius 2 is 1.88 bits per heavy atom. The van der Waals surface area contributed by atoms with Gasteiger partial charge in [-0.2, -0.15) is 0 Å². The Balaban J connectivity index is 2.17. The van der Waals surface area contributed by atoms with E-state index in [2.05, 4.69) is 10.1 Å². The van der Waals surface area contributed by atoms with E-state index in [0.29, 0.717) is 12.3 Å². The van der Waals surface area contributed by atoms with Gasteiger partial charge in [0.15, 0.2) is 0 Å². The maximum Gasteiger partial charge on any atom is 0.139 e. The molecule has 6 heteroatoms. The van der Waals surface area contributed by atoms with Crippen molar-refractivity contribution >= 4 is 5.84 Å². The first kappa shape index (κ1) is 14.2. The van der Waals surface area contributed by atoms with E-state index in [1.165, 1.54) is 0 Å².